The molecule has 6 nitrogen and oxygen atoms in total. The summed E-state index contributed by atoms with van der Waals surface area (Å²) in [5, 5.41) is 3.29. The second-order valence-corrected chi connectivity index (χ2v) is 6.95. The topological polar surface area (TPSA) is 54.0 Å². The van der Waals surface area contributed by atoms with E-state index in [-0.39, 0.29) is 18.1 Å². The molecule has 3 heterocycles. The van der Waals surface area contributed by atoms with Gasteiger partial charge in [0.25, 0.3) is 0 Å². The molecule has 0 aromatic carbocycles. The van der Waals surface area contributed by atoms with Crippen LogP contribution in [-0.2, 0) is 14.3 Å². The maximum atomic E-state index is 12.6. The zero-order valence-corrected chi connectivity index (χ0v) is 14.3. The Morgan fingerprint density at radius 1 is 1.22 bits per heavy atom. The fraction of sp³-hybridized carbons (Fsp3) is 0.941. The first kappa shape index (κ1) is 17.1. The first-order valence-electron chi connectivity index (χ1n) is 9.22. The van der Waals surface area contributed by atoms with Gasteiger partial charge in [-0.15, -0.1) is 0 Å². The lowest BCUT2D eigenvalue weighted by Gasteiger charge is -2.37. The molecule has 0 radical (unpaired) electrons. The van der Waals surface area contributed by atoms with Gasteiger partial charge >= 0.3 is 0 Å². The quantitative estimate of drug-likeness (QED) is 0.796. The number of amides is 1. The SMILES string of the molecule is C[C@H]1OCCN[C@@H]1C(=O)N1CCC(OCCN2CCCC2)CC1. The largest absolute Gasteiger partial charge is 0.377 e. The summed E-state index contributed by atoms with van der Waals surface area (Å²) in [7, 11) is 0. The first-order chi connectivity index (χ1) is 11.2. The van der Waals surface area contributed by atoms with Crippen molar-refractivity contribution in [3.05, 3.63) is 0 Å². The second-order valence-electron chi connectivity index (χ2n) is 6.95. The molecule has 3 aliphatic rings. The molecule has 6 heteroatoms. The van der Waals surface area contributed by atoms with Crippen molar-refractivity contribution in [3.63, 3.8) is 0 Å². The van der Waals surface area contributed by atoms with Crippen molar-refractivity contribution in [3.8, 4) is 0 Å². The Balaban J connectivity index is 1.35. The normalized spacial score (nSPS) is 30.7. The molecule has 23 heavy (non-hydrogen) atoms. The maximum absolute atomic E-state index is 12.6. The van der Waals surface area contributed by atoms with Gasteiger partial charge in [0.15, 0.2) is 0 Å². The number of carbonyl (C=O) groups excluding carboxylic acids is 1. The van der Waals surface area contributed by atoms with Crippen molar-refractivity contribution in [2.75, 3.05) is 52.5 Å². The average molecular weight is 325 g/mol. The molecule has 0 aromatic heterocycles. The molecule has 3 rings (SSSR count). The number of ether oxygens (including phenoxy) is 2. The van der Waals surface area contributed by atoms with Crippen molar-refractivity contribution in [2.45, 2.75) is 50.9 Å². The van der Waals surface area contributed by atoms with Crippen molar-refractivity contribution in [1.82, 2.24) is 15.1 Å². The van der Waals surface area contributed by atoms with E-state index in [0.29, 0.717) is 12.7 Å². The minimum absolute atomic E-state index is 0.0364. The molecule has 1 amide bonds. The van der Waals surface area contributed by atoms with Gasteiger partial charge < -0.3 is 24.6 Å². The Hall–Kier alpha value is -0.690. The summed E-state index contributed by atoms with van der Waals surface area (Å²) in [5.74, 6) is 0.188. The number of morpholine rings is 1. The highest BCUT2D eigenvalue weighted by Gasteiger charge is 2.33. The zero-order valence-electron chi connectivity index (χ0n) is 14.3. The van der Waals surface area contributed by atoms with Crippen molar-refractivity contribution >= 4 is 5.91 Å². The van der Waals surface area contributed by atoms with Crippen LogP contribution in [0.4, 0.5) is 0 Å². The minimum atomic E-state index is -0.184. The molecular formula is C17H31N3O3. The van der Waals surface area contributed by atoms with E-state index in [0.717, 1.165) is 45.6 Å². The monoisotopic (exact) mass is 325 g/mol. The van der Waals surface area contributed by atoms with Crippen LogP contribution in [0.15, 0.2) is 0 Å². The number of nitrogens with one attached hydrogen (secondary N) is 1. The number of nitrogens with zero attached hydrogens (tertiary/aromatic N) is 2. The van der Waals surface area contributed by atoms with E-state index < -0.39 is 0 Å². The van der Waals surface area contributed by atoms with E-state index in [1.165, 1.54) is 25.9 Å². The number of piperidine rings is 1. The highest BCUT2D eigenvalue weighted by Crippen LogP contribution is 2.17. The van der Waals surface area contributed by atoms with Gasteiger partial charge in [0.05, 0.1) is 25.4 Å². The molecule has 2 atom stereocenters. The molecular weight excluding hydrogens is 294 g/mol. The van der Waals surface area contributed by atoms with Gasteiger partial charge in [0, 0.05) is 26.2 Å². The molecule has 0 aliphatic carbocycles. The molecule has 3 fully saturated rings. The van der Waals surface area contributed by atoms with E-state index in [9.17, 15) is 4.79 Å². The van der Waals surface area contributed by atoms with Gasteiger partial charge in [0.1, 0.15) is 6.04 Å². The predicted octanol–water partition coefficient (Wildman–Crippen LogP) is 0.467. The van der Waals surface area contributed by atoms with Crippen LogP contribution >= 0.6 is 0 Å². The fourth-order valence-corrected chi connectivity index (χ4v) is 3.80. The third kappa shape index (κ3) is 4.66. The van der Waals surface area contributed by atoms with Crippen LogP contribution in [0.25, 0.3) is 0 Å². The Morgan fingerprint density at radius 3 is 2.65 bits per heavy atom. The molecule has 1 N–H and O–H groups in total. The van der Waals surface area contributed by atoms with Crippen molar-refractivity contribution in [1.29, 1.82) is 0 Å². The van der Waals surface area contributed by atoms with Crippen molar-refractivity contribution < 1.29 is 14.3 Å². The highest BCUT2D eigenvalue weighted by atomic mass is 16.5. The van der Waals surface area contributed by atoms with Crippen LogP contribution in [0.1, 0.15) is 32.6 Å². The van der Waals surface area contributed by atoms with Crippen LogP contribution in [-0.4, -0.2) is 86.4 Å². The molecule has 0 saturated carbocycles. The average Bonchev–Trinajstić information content (AvgIpc) is 3.09. The summed E-state index contributed by atoms with van der Waals surface area (Å²) in [6.07, 6.45) is 4.84. The second kappa shape index (κ2) is 8.42. The third-order valence-corrected chi connectivity index (χ3v) is 5.30. The van der Waals surface area contributed by atoms with E-state index >= 15 is 0 Å². The number of hydrogen-bond donors (Lipinski definition) is 1. The van der Waals surface area contributed by atoms with Gasteiger partial charge in [-0.3, -0.25) is 4.79 Å². The number of likely N-dealkylation sites (tertiary alicyclic amines) is 2. The van der Waals surface area contributed by atoms with Gasteiger partial charge in [-0.1, -0.05) is 0 Å². The Morgan fingerprint density at radius 2 is 1.96 bits per heavy atom. The van der Waals surface area contributed by atoms with Crippen LogP contribution in [0, 0.1) is 0 Å². The molecule has 132 valence electrons. The molecule has 0 spiro atoms. The molecule has 3 saturated heterocycles. The lowest BCUT2D eigenvalue weighted by Crippen LogP contribution is -2.57. The Kier molecular flexibility index (Phi) is 6.28. The van der Waals surface area contributed by atoms with Crippen LogP contribution in [0.2, 0.25) is 0 Å². The molecule has 0 unspecified atom stereocenters. The summed E-state index contributed by atoms with van der Waals surface area (Å²) in [4.78, 5) is 17.1. The van der Waals surface area contributed by atoms with Crippen LogP contribution < -0.4 is 5.32 Å². The maximum Gasteiger partial charge on any atom is 0.242 e. The van der Waals surface area contributed by atoms with Crippen LogP contribution in [0.5, 0.6) is 0 Å². The van der Waals surface area contributed by atoms with E-state index in [2.05, 4.69) is 10.2 Å². The smallest absolute Gasteiger partial charge is 0.242 e. The first-order valence-corrected chi connectivity index (χ1v) is 9.22. The van der Waals surface area contributed by atoms with Gasteiger partial charge in [-0.05, 0) is 45.7 Å². The summed E-state index contributed by atoms with van der Waals surface area (Å²) < 4.78 is 11.6. The molecule has 3 aliphatic heterocycles. The Labute approximate surface area is 139 Å². The fourth-order valence-electron chi connectivity index (χ4n) is 3.80. The minimum Gasteiger partial charge on any atom is -0.377 e. The molecule has 0 bridgehead atoms. The summed E-state index contributed by atoms with van der Waals surface area (Å²) >= 11 is 0. The standard InChI is InChI=1S/C17H31N3O3/c1-14-16(18-6-12-22-14)17(21)20-9-4-15(5-10-20)23-13-11-19-7-2-3-8-19/h14-16,18H,2-13H2,1H3/t14-,16+/m1/s1. The van der Waals surface area contributed by atoms with Gasteiger partial charge in [-0.25, -0.2) is 0 Å². The van der Waals surface area contributed by atoms with E-state index in [1.54, 1.807) is 0 Å². The van der Waals surface area contributed by atoms with Gasteiger partial charge in [-0.2, -0.15) is 0 Å². The predicted molar refractivity (Wildman–Crippen MR) is 88.4 cm³/mol. The van der Waals surface area contributed by atoms with Crippen LogP contribution in [0.3, 0.4) is 0 Å². The zero-order chi connectivity index (χ0) is 16.1. The summed E-state index contributed by atoms with van der Waals surface area (Å²) in [5.41, 5.74) is 0. The van der Waals surface area contributed by atoms with E-state index in [4.69, 9.17) is 9.47 Å². The number of carbonyl (C=O) groups is 1. The highest BCUT2D eigenvalue weighted by molar-refractivity contribution is 5.82. The Bertz CT molecular complexity index is 379. The lowest BCUT2D eigenvalue weighted by atomic mass is 10.0. The number of rotatable bonds is 5. The molecule has 0 aromatic rings. The summed E-state index contributed by atoms with van der Waals surface area (Å²) in [6.45, 7) is 9.37. The van der Waals surface area contributed by atoms with Gasteiger partial charge in [0.2, 0.25) is 5.91 Å². The summed E-state index contributed by atoms with van der Waals surface area (Å²) in [6, 6.07) is -0.184. The number of hydrogen-bond acceptors (Lipinski definition) is 5. The lowest BCUT2D eigenvalue weighted by molar-refractivity contribution is -0.142. The van der Waals surface area contributed by atoms with Crippen molar-refractivity contribution in [2.24, 2.45) is 0 Å². The third-order valence-electron chi connectivity index (χ3n) is 5.30. The van der Waals surface area contributed by atoms with E-state index in [1.807, 2.05) is 11.8 Å².